The second kappa shape index (κ2) is 6.15. The number of sulfonamides is 1. The van der Waals surface area contributed by atoms with Crippen LogP contribution < -0.4 is 9.41 Å². The third-order valence-electron chi connectivity index (χ3n) is 3.00. The minimum absolute atomic E-state index is 0.0474. The normalized spacial score (nSPS) is 11.2. The van der Waals surface area contributed by atoms with Gasteiger partial charge in [-0.1, -0.05) is 17.7 Å². The van der Waals surface area contributed by atoms with Crippen LogP contribution in [0.5, 0.6) is 0 Å². The molecule has 2 aromatic rings. The molecule has 0 aliphatic carbocycles. The number of nitrogens with zero attached hydrogens (tertiary/aromatic N) is 1. The molecule has 0 aliphatic rings. The van der Waals surface area contributed by atoms with Gasteiger partial charge in [0.1, 0.15) is 5.82 Å². The van der Waals surface area contributed by atoms with Crippen LogP contribution in [0.1, 0.15) is 5.56 Å². The number of aryl methyl sites for hydroxylation is 1. The summed E-state index contributed by atoms with van der Waals surface area (Å²) in [6.07, 6.45) is 0. The second-order valence-electron chi connectivity index (χ2n) is 4.67. The van der Waals surface area contributed by atoms with Crippen LogP contribution in [0.15, 0.2) is 53.4 Å². The molecule has 22 heavy (non-hydrogen) atoms. The molecule has 2 aromatic carbocycles. The third kappa shape index (κ3) is 3.43. The highest BCUT2D eigenvalue weighted by atomic mass is 32.2. The molecule has 0 atom stereocenters. The number of aliphatic carboxylic acids is 1. The van der Waals surface area contributed by atoms with Crippen molar-refractivity contribution >= 4 is 21.7 Å². The van der Waals surface area contributed by atoms with Gasteiger partial charge in [-0.05, 0) is 43.3 Å². The lowest BCUT2D eigenvalue weighted by molar-refractivity contribution is -0.303. The number of anilines is 1. The Kier molecular flexibility index (Phi) is 4.46. The maximum Gasteiger partial charge on any atom is 0.264 e. The quantitative estimate of drug-likeness (QED) is 0.825. The maximum atomic E-state index is 13.0. The fourth-order valence-corrected chi connectivity index (χ4v) is 3.29. The van der Waals surface area contributed by atoms with Crippen LogP contribution in [-0.2, 0) is 14.8 Å². The lowest BCUT2D eigenvalue weighted by atomic mass is 10.2. The standard InChI is InChI=1S/C15H14FNO4S/c1-11-2-8-14(9-3-11)22(20,21)17(10-15(18)19)13-6-4-12(16)5-7-13/h2-9H,10H2,1H3,(H,18,19)/p-1. The van der Waals surface area contributed by atoms with Crippen LogP contribution in [-0.4, -0.2) is 20.9 Å². The number of carboxylic acids is 1. The van der Waals surface area contributed by atoms with Gasteiger partial charge in [0.2, 0.25) is 0 Å². The smallest absolute Gasteiger partial charge is 0.264 e. The van der Waals surface area contributed by atoms with E-state index in [1.54, 1.807) is 19.1 Å². The van der Waals surface area contributed by atoms with E-state index < -0.39 is 28.4 Å². The van der Waals surface area contributed by atoms with Crippen molar-refractivity contribution in [3.8, 4) is 0 Å². The summed E-state index contributed by atoms with van der Waals surface area (Å²) >= 11 is 0. The average molecular weight is 322 g/mol. The third-order valence-corrected chi connectivity index (χ3v) is 4.78. The van der Waals surface area contributed by atoms with Crippen molar-refractivity contribution in [3.05, 3.63) is 59.9 Å². The van der Waals surface area contributed by atoms with Gasteiger partial charge in [-0.25, -0.2) is 12.8 Å². The topological polar surface area (TPSA) is 77.5 Å². The summed E-state index contributed by atoms with van der Waals surface area (Å²) in [5.41, 5.74) is 0.915. The molecule has 0 aromatic heterocycles. The number of hydrogen-bond donors (Lipinski definition) is 0. The van der Waals surface area contributed by atoms with E-state index in [1.165, 1.54) is 24.3 Å². The zero-order valence-electron chi connectivity index (χ0n) is 11.7. The molecule has 0 bridgehead atoms. The van der Waals surface area contributed by atoms with Gasteiger partial charge >= 0.3 is 0 Å². The largest absolute Gasteiger partial charge is 0.548 e. The monoisotopic (exact) mass is 322 g/mol. The van der Waals surface area contributed by atoms with E-state index in [-0.39, 0.29) is 10.6 Å². The van der Waals surface area contributed by atoms with E-state index in [1.807, 2.05) is 0 Å². The fourth-order valence-electron chi connectivity index (χ4n) is 1.88. The first kappa shape index (κ1) is 16.0. The molecule has 0 amide bonds. The molecule has 0 saturated carbocycles. The van der Waals surface area contributed by atoms with Crippen LogP contribution in [0.3, 0.4) is 0 Å². The van der Waals surface area contributed by atoms with Crippen LogP contribution in [0.4, 0.5) is 10.1 Å². The first-order valence-electron chi connectivity index (χ1n) is 6.35. The van der Waals surface area contributed by atoms with E-state index in [9.17, 15) is 22.7 Å². The van der Waals surface area contributed by atoms with Crippen molar-refractivity contribution in [2.75, 3.05) is 10.8 Å². The fraction of sp³-hybridized carbons (Fsp3) is 0.133. The molecular weight excluding hydrogens is 309 g/mol. The molecule has 0 fully saturated rings. The van der Waals surface area contributed by atoms with Gasteiger partial charge in [0.05, 0.1) is 23.1 Å². The molecule has 0 N–H and O–H groups in total. The van der Waals surface area contributed by atoms with E-state index in [0.29, 0.717) is 4.31 Å². The van der Waals surface area contributed by atoms with Gasteiger partial charge in [-0.3, -0.25) is 4.31 Å². The number of carbonyl (C=O) groups is 1. The van der Waals surface area contributed by atoms with Crippen molar-refractivity contribution < 1.29 is 22.7 Å². The maximum absolute atomic E-state index is 13.0. The Labute approximate surface area is 127 Å². The lowest BCUT2D eigenvalue weighted by Crippen LogP contribution is -2.41. The van der Waals surface area contributed by atoms with E-state index in [0.717, 1.165) is 17.7 Å². The van der Waals surface area contributed by atoms with Gasteiger partial charge in [-0.2, -0.15) is 0 Å². The predicted molar refractivity (Wildman–Crippen MR) is 77.1 cm³/mol. The van der Waals surface area contributed by atoms with E-state index in [2.05, 4.69) is 0 Å². The first-order valence-corrected chi connectivity index (χ1v) is 7.79. The number of carboxylic acid groups (broad SMARTS) is 1. The highest BCUT2D eigenvalue weighted by molar-refractivity contribution is 7.92. The van der Waals surface area contributed by atoms with Crippen molar-refractivity contribution in [2.24, 2.45) is 0 Å². The van der Waals surface area contributed by atoms with Crippen molar-refractivity contribution in [1.82, 2.24) is 0 Å². The molecule has 5 nitrogen and oxygen atoms in total. The van der Waals surface area contributed by atoms with Crippen LogP contribution in [0, 0.1) is 12.7 Å². The van der Waals surface area contributed by atoms with E-state index in [4.69, 9.17) is 0 Å². The molecule has 0 heterocycles. The lowest BCUT2D eigenvalue weighted by Gasteiger charge is -2.25. The Bertz CT molecular complexity index is 770. The molecule has 0 radical (unpaired) electrons. The van der Waals surface area contributed by atoms with Crippen LogP contribution in [0.25, 0.3) is 0 Å². The van der Waals surface area contributed by atoms with Crippen molar-refractivity contribution in [3.63, 3.8) is 0 Å². The highest BCUT2D eigenvalue weighted by Crippen LogP contribution is 2.23. The molecule has 0 saturated heterocycles. The SMILES string of the molecule is Cc1ccc(S(=O)(=O)N(CC(=O)[O-])c2ccc(F)cc2)cc1. The Morgan fingerprint density at radius 2 is 1.64 bits per heavy atom. The number of hydrogen-bond acceptors (Lipinski definition) is 4. The number of carbonyl (C=O) groups excluding carboxylic acids is 1. The van der Waals surface area contributed by atoms with Gasteiger partial charge in [0.25, 0.3) is 10.0 Å². The Morgan fingerprint density at radius 1 is 1.09 bits per heavy atom. The van der Waals surface area contributed by atoms with Gasteiger partial charge in [-0.15, -0.1) is 0 Å². The minimum atomic E-state index is -4.09. The summed E-state index contributed by atoms with van der Waals surface area (Å²) in [6, 6.07) is 10.5. The molecule has 7 heteroatoms. The summed E-state index contributed by atoms with van der Waals surface area (Å²) in [5, 5.41) is 10.9. The minimum Gasteiger partial charge on any atom is -0.548 e. The molecule has 2 rings (SSSR count). The summed E-state index contributed by atoms with van der Waals surface area (Å²) in [5.74, 6) is -2.11. The zero-order chi connectivity index (χ0) is 16.3. The Balaban J connectivity index is 2.50. The highest BCUT2D eigenvalue weighted by Gasteiger charge is 2.25. The first-order chi connectivity index (χ1) is 10.3. The number of halogens is 1. The molecule has 116 valence electrons. The zero-order valence-corrected chi connectivity index (χ0v) is 12.5. The van der Waals surface area contributed by atoms with Gasteiger partial charge in [0, 0.05) is 0 Å². The number of rotatable bonds is 5. The predicted octanol–water partition coefficient (Wildman–Crippen LogP) is 1.08. The van der Waals surface area contributed by atoms with Crippen molar-refractivity contribution in [1.29, 1.82) is 0 Å². The van der Waals surface area contributed by atoms with E-state index >= 15 is 0 Å². The number of benzene rings is 2. The molecule has 0 aliphatic heterocycles. The van der Waals surface area contributed by atoms with Gasteiger partial charge < -0.3 is 9.90 Å². The second-order valence-corrected chi connectivity index (χ2v) is 6.54. The van der Waals surface area contributed by atoms with Gasteiger partial charge in [0.15, 0.2) is 0 Å². The Morgan fingerprint density at radius 3 is 2.14 bits per heavy atom. The summed E-state index contributed by atoms with van der Waals surface area (Å²) in [4.78, 5) is 10.8. The molecular formula is C15H13FNO4S-. The summed E-state index contributed by atoms with van der Waals surface area (Å²) < 4.78 is 38.9. The summed E-state index contributed by atoms with van der Waals surface area (Å²) in [7, 11) is -4.09. The summed E-state index contributed by atoms with van der Waals surface area (Å²) in [6.45, 7) is 0.942. The van der Waals surface area contributed by atoms with Crippen LogP contribution in [0.2, 0.25) is 0 Å². The average Bonchev–Trinajstić information content (AvgIpc) is 2.46. The van der Waals surface area contributed by atoms with Crippen LogP contribution >= 0.6 is 0 Å². The van der Waals surface area contributed by atoms with Crippen molar-refractivity contribution in [2.45, 2.75) is 11.8 Å². The molecule has 0 unspecified atom stereocenters. The Hall–Kier alpha value is -2.41. The molecule has 0 spiro atoms.